The first-order chi connectivity index (χ1) is 15.6. The molecule has 3 heterocycles. The van der Waals surface area contributed by atoms with Crippen molar-refractivity contribution in [3.05, 3.63) is 76.5 Å². The first-order valence-electron chi connectivity index (χ1n) is 11.4. The third kappa shape index (κ3) is 3.59. The lowest BCUT2D eigenvalue weighted by molar-refractivity contribution is -0.132. The summed E-state index contributed by atoms with van der Waals surface area (Å²) in [6.45, 7) is 4.25. The van der Waals surface area contributed by atoms with E-state index in [0.717, 1.165) is 35.3 Å². The predicted octanol–water partition coefficient (Wildman–Crippen LogP) is 5.23. The number of ether oxygens (including phenoxy) is 1. The highest BCUT2D eigenvalue weighted by Crippen LogP contribution is 2.49. The predicted molar refractivity (Wildman–Crippen MR) is 128 cm³/mol. The lowest BCUT2D eigenvalue weighted by Crippen LogP contribution is -2.39. The summed E-state index contributed by atoms with van der Waals surface area (Å²) in [7, 11) is 0. The normalized spacial score (nSPS) is 21.4. The molecular formula is C26H28BrN3O2. The van der Waals surface area contributed by atoms with E-state index in [0.29, 0.717) is 25.9 Å². The van der Waals surface area contributed by atoms with Crippen molar-refractivity contribution in [2.45, 2.75) is 44.2 Å². The van der Waals surface area contributed by atoms with Gasteiger partial charge in [0.2, 0.25) is 5.91 Å². The molecule has 1 fully saturated rings. The van der Waals surface area contributed by atoms with Crippen LogP contribution in [-0.4, -0.2) is 46.2 Å². The number of hydrogen-bond donors (Lipinski definition) is 0. The standard InChI is InChI=1S/C26H28BrN3O2/c1-2-29(18-21-6-5-17-32-21)24(31)13-14-26(19-9-11-20(27)12-10-19)23-8-4-3-7-22(23)25-28-15-16-30(25)26/h3-4,7-12,15-16,21H,2,5-6,13-14,17-18H2,1H3. The summed E-state index contributed by atoms with van der Waals surface area (Å²) in [5.41, 5.74) is 3.06. The van der Waals surface area contributed by atoms with E-state index in [4.69, 9.17) is 4.74 Å². The minimum atomic E-state index is -0.456. The molecule has 1 saturated heterocycles. The van der Waals surface area contributed by atoms with Crippen molar-refractivity contribution < 1.29 is 9.53 Å². The molecule has 0 spiro atoms. The maximum Gasteiger partial charge on any atom is 0.222 e. The molecule has 0 saturated carbocycles. The Morgan fingerprint density at radius 1 is 1.25 bits per heavy atom. The Balaban J connectivity index is 1.50. The van der Waals surface area contributed by atoms with Crippen LogP contribution in [0.15, 0.2) is 65.4 Å². The minimum Gasteiger partial charge on any atom is -0.376 e. The van der Waals surface area contributed by atoms with Crippen molar-refractivity contribution in [3.8, 4) is 11.4 Å². The van der Waals surface area contributed by atoms with Gasteiger partial charge in [0.1, 0.15) is 5.82 Å². The van der Waals surface area contributed by atoms with E-state index in [9.17, 15) is 4.79 Å². The first kappa shape index (κ1) is 21.4. The summed E-state index contributed by atoms with van der Waals surface area (Å²) in [5.74, 6) is 1.15. The van der Waals surface area contributed by atoms with Gasteiger partial charge >= 0.3 is 0 Å². The second-order valence-electron chi connectivity index (χ2n) is 8.60. The zero-order valence-corrected chi connectivity index (χ0v) is 19.9. The third-order valence-electron chi connectivity index (χ3n) is 6.87. The molecule has 5 rings (SSSR count). The van der Waals surface area contributed by atoms with Crippen LogP contribution in [0.4, 0.5) is 0 Å². The average Bonchev–Trinajstić information content (AvgIpc) is 3.55. The number of carbonyl (C=O) groups is 1. The fourth-order valence-electron chi connectivity index (χ4n) is 5.29. The number of hydrogen-bond acceptors (Lipinski definition) is 3. The fraction of sp³-hybridized carbons (Fsp3) is 0.385. The van der Waals surface area contributed by atoms with Crippen LogP contribution in [0.1, 0.15) is 43.7 Å². The Kier molecular flexibility index (Phi) is 5.91. The van der Waals surface area contributed by atoms with E-state index in [1.54, 1.807) is 0 Å². The molecule has 166 valence electrons. The van der Waals surface area contributed by atoms with E-state index >= 15 is 0 Å². The Morgan fingerprint density at radius 2 is 2.06 bits per heavy atom. The van der Waals surface area contributed by atoms with Gasteiger partial charge in [0.15, 0.2) is 0 Å². The number of amides is 1. The van der Waals surface area contributed by atoms with E-state index in [-0.39, 0.29) is 12.0 Å². The molecule has 6 heteroatoms. The van der Waals surface area contributed by atoms with Crippen LogP contribution in [0.2, 0.25) is 0 Å². The zero-order valence-electron chi connectivity index (χ0n) is 18.3. The molecule has 2 aliphatic rings. The van der Waals surface area contributed by atoms with Crippen molar-refractivity contribution in [1.29, 1.82) is 0 Å². The van der Waals surface area contributed by atoms with Gasteiger partial charge in [-0.1, -0.05) is 52.3 Å². The average molecular weight is 494 g/mol. The highest BCUT2D eigenvalue weighted by atomic mass is 79.9. The van der Waals surface area contributed by atoms with Gasteiger partial charge in [0, 0.05) is 48.5 Å². The maximum absolute atomic E-state index is 13.3. The van der Waals surface area contributed by atoms with Crippen LogP contribution >= 0.6 is 15.9 Å². The van der Waals surface area contributed by atoms with Crippen LogP contribution in [0, 0.1) is 0 Å². The van der Waals surface area contributed by atoms with Gasteiger partial charge in [-0.15, -0.1) is 0 Å². The molecule has 0 aliphatic carbocycles. The van der Waals surface area contributed by atoms with Crippen LogP contribution in [0.5, 0.6) is 0 Å². The Labute approximate surface area is 197 Å². The Morgan fingerprint density at radius 3 is 2.81 bits per heavy atom. The largest absolute Gasteiger partial charge is 0.376 e. The number of rotatable bonds is 7. The SMILES string of the molecule is CCN(CC1CCCO1)C(=O)CCC1(c2ccc(Br)cc2)c2ccccc2-c2nccn21. The summed E-state index contributed by atoms with van der Waals surface area (Å²) in [6.07, 6.45) is 7.34. The molecular weight excluding hydrogens is 466 g/mol. The van der Waals surface area contributed by atoms with Crippen molar-refractivity contribution in [2.24, 2.45) is 0 Å². The molecule has 1 amide bonds. The number of nitrogens with zero attached hydrogens (tertiary/aromatic N) is 3. The second kappa shape index (κ2) is 8.83. The lowest BCUT2D eigenvalue weighted by Gasteiger charge is -2.34. The monoisotopic (exact) mass is 493 g/mol. The van der Waals surface area contributed by atoms with Crippen LogP contribution < -0.4 is 0 Å². The minimum absolute atomic E-state index is 0.173. The van der Waals surface area contributed by atoms with Crippen molar-refractivity contribution in [1.82, 2.24) is 14.5 Å². The van der Waals surface area contributed by atoms with Gasteiger partial charge in [-0.05, 0) is 49.4 Å². The first-order valence-corrected chi connectivity index (χ1v) is 12.2. The molecule has 5 nitrogen and oxygen atoms in total. The molecule has 1 aromatic heterocycles. The summed E-state index contributed by atoms with van der Waals surface area (Å²) in [4.78, 5) is 20.0. The number of likely N-dealkylation sites (N-methyl/N-ethyl adjacent to an activating group) is 1. The van der Waals surface area contributed by atoms with E-state index in [1.807, 2.05) is 17.3 Å². The van der Waals surface area contributed by atoms with Gasteiger partial charge in [0.05, 0.1) is 11.6 Å². The van der Waals surface area contributed by atoms with Crippen molar-refractivity contribution >= 4 is 21.8 Å². The van der Waals surface area contributed by atoms with Crippen molar-refractivity contribution in [2.75, 3.05) is 19.7 Å². The molecule has 0 bridgehead atoms. The topological polar surface area (TPSA) is 47.4 Å². The smallest absolute Gasteiger partial charge is 0.222 e. The molecule has 0 radical (unpaired) electrons. The van der Waals surface area contributed by atoms with Gasteiger partial charge < -0.3 is 14.2 Å². The van der Waals surface area contributed by atoms with E-state index in [1.165, 1.54) is 11.1 Å². The molecule has 2 atom stereocenters. The molecule has 0 N–H and O–H groups in total. The van der Waals surface area contributed by atoms with Crippen LogP contribution in [0.25, 0.3) is 11.4 Å². The number of aromatic nitrogens is 2. The van der Waals surface area contributed by atoms with Crippen LogP contribution in [-0.2, 0) is 15.1 Å². The summed E-state index contributed by atoms with van der Waals surface area (Å²) in [6, 6.07) is 16.9. The quantitative estimate of drug-likeness (QED) is 0.452. The number of halogens is 1. The lowest BCUT2D eigenvalue weighted by atomic mass is 9.79. The second-order valence-corrected chi connectivity index (χ2v) is 9.52. The Hall–Kier alpha value is -2.44. The highest BCUT2D eigenvalue weighted by Gasteiger charge is 2.45. The van der Waals surface area contributed by atoms with E-state index in [2.05, 4.69) is 80.9 Å². The van der Waals surface area contributed by atoms with Gasteiger partial charge in [0.25, 0.3) is 0 Å². The molecule has 2 aliphatic heterocycles. The molecule has 2 aromatic carbocycles. The third-order valence-corrected chi connectivity index (χ3v) is 7.40. The molecule has 3 aromatic rings. The number of fused-ring (bicyclic) bond motifs is 3. The Bertz CT molecular complexity index is 1100. The summed E-state index contributed by atoms with van der Waals surface area (Å²) in [5, 5.41) is 0. The number of benzene rings is 2. The van der Waals surface area contributed by atoms with Crippen molar-refractivity contribution in [3.63, 3.8) is 0 Å². The zero-order chi connectivity index (χ0) is 22.1. The highest BCUT2D eigenvalue weighted by molar-refractivity contribution is 9.10. The van der Waals surface area contributed by atoms with E-state index < -0.39 is 5.54 Å². The van der Waals surface area contributed by atoms with Crippen LogP contribution in [0.3, 0.4) is 0 Å². The number of imidazole rings is 1. The molecule has 32 heavy (non-hydrogen) atoms. The molecule has 2 unspecified atom stereocenters. The summed E-state index contributed by atoms with van der Waals surface area (Å²) >= 11 is 3.57. The summed E-state index contributed by atoms with van der Waals surface area (Å²) < 4.78 is 9.08. The van der Waals surface area contributed by atoms with Gasteiger partial charge in [-0.2, -0.15) is 0 Å². The maximum atomic E-state index is 13.3. The van der Waals surface area contributed by atoms with Gasteiger partial charge in [-0.25, -0.2) is 4.98 Å². The van der Waals surface area contributed by atoms with Gasteiger partial charge in [-0.3, -0.25) is 4.79 Å². The fourth-order valence-corrected chi connectivity index (χ4v) is 5.55. The number of carbonyl (C=O) groups excluding carboxylic acids is 1.